The highest BCUT2D eigenvalue weighted by Crippen LogP contribution is 2.05. The number of hydrogen-bond donors (Lipinski definition) is 2. The number of carbonyl (C=O) groups is 1. The summed E-state index contributed by atoms with van der Waals surface area (Å²) in [5.41, 5.74) is 0. The Morgan fingerprint density at radius 2 is 2.09 bits per heavy atom. The van der Waals surface area contributed by atoms with Gasteiger partial charge in [0.15, 0.2) is 0 Å². The van der Waals surface area contributed by atoms with Gasteiger partial charge in [0.1, 0.15) is 6.04 Å². The molecule has 0 aromatic heterocycles. The van der Waals surface area contributed by atoms with Gasteiger partial charge >= 0.3 is 5.97 Å². The van der Waals surface area contributed by atoms with Crippen molar-refractivity contribution in [1.82, 2.24) is 5.32 Å². The molecule has 0 saturated carbocycles. The molecule has 5 heteroatoms. The first kappa shape index (κ1) is 10.3. The monoisotopic (exact) mass is 167 g/mol. The fourth-order valence-corrected chi connectivity index (χ4v) is 0.684. The van der Waals surface area contributed by atoms with E-state index in [2.05, 4.69) is 5.32 Å². The van der Waals surface area contributed by atoms with E-state index in [-0.39, 0.29) is 12.8 Å². The van der Waals surface area contributed by atoms with Crippen molar-refractivity contribution >= 4 is 5.97 Å². The summed E-state index contributed by atoms with van der Waals surface area (Å²) >= 11 is 0. The molecule has 0 heterocycles. The van der Waals surface area contributed by atoms with Crippen LogP contribution in [0.2, 0.25) is 0 Å². The van der Waals surface area contributed by atoms with Crippen molar-refractivity contribution in [2.45, 2.75) is 25.3 Å². The van der Waals surface area contributed by atoms with Crippen LogP contribution in [0.4, 0.5) is 8.78 Å². The van der Waals surface area contributed by atoms with Crippen LogP contribution in [-0.2, 0) is 4.79 Å². The maximum atomic E-state index is 11.6. The number of carboxylic acids is 1. The highest BCUT2D eigenvalue weighted by atomic mass is 19.3. The van der Waals surface area contributed by atoms with E-state index >= 15 is 0 Å². The molecule has 0 aromatic rings. The summed E-state index contributed by atoms with van der Waals surface area (Å²) in [5, 5.41) is 10.8. The molecule has 0 spiro atoms. The van der Waals surface area contributed by atoms with Gasteiger partial charge in [0, 0.05) is 6.42 Å². The van der Waals surface area contributed by atoms with E-state index in [1.165, 1.54) is 7.05 Å². The van der Waals surface area contributed by atoms with Crippen molar-refractivity contribution in [2.24, 2.45) is 0 Å². The van der Waals surface area contributed by atoms with Crippen LogP contribution in [0.15, 0.2) is 0 Å². The standard InChI is InChI=1S/C6H11F2NO2/c1-9-4(6(10)11)2-3-5(7)8/h4-5,9H,2-3H2,1H3,(H,10,11)/t4-/m0/s1. The quantitative estimate of drug-likeness (QED) is 0.633. The summed E-state index contributed by atoms with van der Waals surface area (Å²) < 4.78 is 23.1. The maximum Gasteiger partial charge on any atom is 0.320 e. The lowest BCUT2D eigenvalue weighted by Crippen LogP contribution is -2.34. The molecule has 0 saturated heterocycles. The summed E-state index contributed by atoms with van der Waals surface area (Å²) in [5.74, 6) is -1.09. The Balaban J connectivity index is 3.61. The van der Waals surface area contributed by atoms with Crippen LogP contribution in [0, 0.1) is 0 Å². The first-order valence-corrected chi connectivity index (χ1v) is 3.26. The highest BCUT2D eigenvalue weighted by Gasteiger charge is 2.16. The average molecular weight is 167 g/mol. The minimum atomic E-state index is -2.43. The minimum absolute atomic E-state index is 0.0382. The molecule has 0 aliphatic carbocycles. The van der Waals surface area contributed by atoms with E-state index in [1.54, 1.807) is 0 Å². The van der Waals surface area contributed by atoms with Gasteiger partial charge in [0.25, 0.3) is 0 Å². The van der Waals surface area contributed by atoms with Gasteiger partial charge in [-0.15, -0.1) is 0 Å². The van der Waals surface area contributed by atoms with Crippen LogP contribution in [0.5, 0.6) is 0 Å². The molecular formula is C6H11F2NO2. The number of alkyl halides is 2. The molecule has 0 unspecified atom stereocenters. The minimum Gasteiger partial charge on any atom is -0.480 e. The van der Waals surface area contributed by atoms with Crippen LogP contribution in [0.1, 0.15) is 12.8 Å². The van der Waals surface area contributed by atoms with Crippen LogP contribution in [-0.4, -0.2) is 30.6 Å². The Morgan fingerprint density at radius 1 is 1.55 bits per heavy atom. The average Bonchev–Trinajstić information content (AvgIpc) is 1.87. The number of likely N-dealkylation sites (N-methyl/N-ethyl adjacent to an activating group) is 1. The lowest BCUT2D eigenvalue weighted by molar-refractivity contribution is -0.139. The first-order chi connectivity index (χ1) is 5.07. The SMILES string of the molecule is CN[C@@H](CCC(F)F)C(=O)O. The Hall–Kier alpha value is -0.710. The van der Waals surface area contributed by atoms with Crippen molar-refractivity contribution in [1.29, 1.82) is 0 Å². The normalized spacial score (nSPS) is 13.5. The van der Waals surface area contributed by atoms with Crippen molar-refractivity contribution in [3.63, 3.8) is 0 Å². The Labute approximate surface area is 63.4 Å². The molecule has 3 nitrogen and oxygen atoms in total. The molecule has 2 N–H and O–H groups in total. The molecule has 0 aliphatic heterocycles. The molecule has 0 rings (SSSR count). The molecule has 0 radical (unpaired) electrons. The maximum absolute atomic E-state index is 11.6. The molecule has 1 atom stereocenters. The van der Waals surface area contributed by atoms with Crippen LogP contribution in [0.25, 0.3) is 0 Å². The highest BCUT2D eigenvalue weighted by molar-refractivity contribution is 5.73. The number of aliphatic carboxylic acids is 1. The predicted molar refractivity (Wildman–Crippen MR) is 35.7 cm³/mol. The number of carboxylic acid groups (broad SMARTS) is 1. The van der Waals surface area contributed by atoms with Crippen molar-refractivity contribution in [3.05, 3.63) is 0 Å². The smallest absolute Gasteiger partial charge is 0.320 e. The summed E-state index contributed by atoms with van der Waals surface area (Å²) in [6.07, 6.45) is -2.84. The van der Waals surface area contributed by atoms with Gasteiger partial charge in [-0.2, -0.15) is 0 Å². The van der Waals surface area contributed by atoms with E-state index < -0.39 is 18.4 Å². The summed E-state index contributed by atoms with van der Waals surface area (Å²) in [6, 6.07) is -0.857. The second-order valence-electron chi connectivity index (χ2n) is 2.15. The summed E-state index contributed by atoms with van der Waals surface area (Å²) in [4.78, 5) is 10.2. The van der Waals surface area contributed by atoms with Crippen molar-refractivity contribution in [3.8, 4) is 0 Å². The Morgan fingerprint density at radius 3 is 2.36 bits per heavy atom. The topological polar surface area (TPSA) is 49.3 Å². The second kappa shape index (κ2) is 5.01. The van der Waals surface area contributed by atoms with Crippen LogP contribution >= 0.6 is 0 Å². The van der Waals surface area contributed by atoms with Gasteiger partial charge in [-0.25, -0.2) is 8.78 Å². The van der Waals surface area contributed by atoms with Gasteiger partial charge in [0.05, 0.1) is 0 Å². The van der Waals surface area contributed by atoms with Gasteiger partial charge in [-0.3, -0.25) is 4.79 Å². The molecule has 0 aromatic carbocycles. The lowest BCUT2D eigenvalue weighted by atomic mass is 10.1. The summed E-state index contributed by atoms with van der Waals surface area (Å²) in [7, 11) is 1.43. The van der Waals surface area contributed by atoms with E-state index in [4.69, 9.17) is 5.11 Å². The van der Waals surface area contributed by atoms with Gasteiger partial charge in [0.2, 0.25) is 6.43 Å². The zero-order chi connectivity index (χ0) is 8.85. The Bertz CT molecular complexity index is 130. The van der Waals surface area contributed by atoms with E-state index in [0.717, 1.165) is 0 Å². The fraction of sp³-hybridized carbons (Fsp3) is 0.833. The number of hydrogen-bond acceptors (Lipinski definition) is 2. The molecule has 66 valence electrons. The summed E-state index contributed by atoms with van der Waals surface area (Å²) in [6.45, 7) is 0. The van der Waals surface area contributed by atoms with E-state index in [9.17, 15) is 13.6 Å². The third kappa shape index (κ3) is 4.66. The molecule has 0 fully saturated rings. The largest absolute Gasteiger partial charge is 0.480 e. The van der Waals surface area contributed by atoms with Crippen molar-refractivity contribution in [2.75, 3.05) is 7.05 Å². The third-order valence-electron chi connectivity index (χ3n) is 1.32. The van der Waals surface area contributed by atoms with Crippen LogP contribution < -0.4 is 5.32 Å². The number of halogens is 2. The lowest BCUT2D eigenvalue weighted by Gasteiger charge is -2.09. The van der Waals surface area contributed by atoms with Gasteiger partial charge < -0.3 is 10.4 Å². The van der Waals surface area contributed by atoms with E-state index in [0.29, 0.717) is 0 Å². The zero-order valence-electron chi connectivity index (χ0n) is 6.18. The molecule has 11 heavy (non-hydrogen) atoms. The second-order valence-corrected chi connectivity index (χ2v) is 2.15. The zero-order valence-corrected chi connectivity index (χ0v) is 6.18. The van der Waals surface area contributed by atoms with Gasteiger partial charge in [-0.1, -0.05) is 0 Å². The number of nitrogens with one attached hydrogen (secondary N) is 1. The molecule has 0 bridgehead atoms. The first-order valence-electron chi connectivity index (χ1n) is 3.26. The third-order valence-corrected chi connectivity index (χ3v) is 1.32. The molecule has 0 amide bonds. The van der Waals surface area contributed by atoms with Crippen LogP contribution in [0.3, 0.4) is 0 Å². The molecule has 0 aliphatic rings. The van der Waals surface area contributed by atoms with E-state index in [1.807, 2.05) is 0 Å². The predicted octanol–water partition coefficient (Wildman–Crippen LogP) is 0.704. The molecular weight excluding hydrogens is 156 g/mol. The number of rotatable bonds is 5. The van der Waals surface area contributed by atoms with Crippen molar-refractivity contribution < 1.29 is 18.7 Å². The Kier molecular flexibility index (Phi) is 4.69. The fourth-order valence-electron chi connectivity index (χ4n) is 0.684. The van der Waals surface area contributed by atoms with Gasteiger partial charge in [-0.05, 0) is 13.5 Å².